The topological polar surface area (TPSA) is 49.4 Å². The van der Waals surface area contributed by atoms with E-state index >= 15 is 0 Å². The zero-order chi connectivity index (χ0) is 18.2. The number of amides is 2. The Bertz CT molecular complexity index is 711. The van der Waals surface area contributed by atoms with E-state index in [2.05, 4.69) is 19.2 Å². The Morgan fingerprint density at radius 1 is 1.00 bits per heavy atom. The van der Waals surface area contributed by atoms with Crippen LogP contribution < -0.4 is 5.32 Å². The van der Waals surface area contributed by atoms with Crippen molar-refractivity contribution in [2.75, 3.05) is 18.4 Å². The molecule has 0 heterocycles. The molecule has 2 aromatic carbocycles. The summed E-state index contributed by atoms with van der Waals surface area (Å²) in [6.45, 7) is 6.27. The molecule has 132 valence electrons. The van der Waals surface area contributed by atoms with E-state index in [-0.39, 0.29) is 18.4 Å². The van der Waals surface area contributed by atoms with Crippen LogP contribution in [0.4, 0.5) is 5.69 Å². The highest BCUT2D eigenvalue weighted by molar-refractivity contribution is 5.95. The van der Waals surface area contributed by atoms with Crippen molar-refractivity contribution in [3.63, 3.8) is 0 Å². The molecule has 25 heavy (non-hydrogen) atoms. The average Bonchev–Trinajstić information content (AvgIpc) is 2.59. The van der Waals surface area contributed by atoms with Crippen LogP contribution in [0.2, 0.25) is 0 Å². The summed E-state index contributed by atoms with van der Waals surface area (Å²) >= 11 is 0. The molecule has 0 aliphatic carbocycles. The van der Waals surface area contributed by atoms with Crippen LogP contribution in [0.1, 0.15) is 37.8 Å². The van der Waals surface area contributed by atoms with Gasteiger partial charge in [-0.3, -0.25) is 9.59 Å². The van der Waals surface area contributed by atoms with E-state index in [1.165, 1.54) is 6.92 Å². The summed E-state index contributed by atoms with van der Waals surface area (Å²) in [6, 6.07) is 17.7. The molecule has 2 rings (SSSR count). The highest BCUT2D eigenvalue weighted by atomic mass is 16.2. The maximum Gasteiger partial charge on any atom is 0.244 e. The van der Waals surface area contributed by atoms with Crippen molar-refractivity contribution in [3.8, 4) is 0 Å². The lowest BCUT2D eigenvalue weighted by Crippen LogP contribution is -2.38. The molecule has 0 radical (unpaired) electrons. The second-order valence-electron chi connectivity index (χ2n) is 6.47. The molecule has 0 atom stereocenters. The monoisotopic (exact) mass is 338 g/mol. The molecule has 4 heteroatoms. The number of benzene rings is 2. The van der Waals surface area contributed by atoms with Crippen molar-refractivity contribution in [3.05, 3.63) is 65.7 Å². The predicted molar refractivity (Wildman–Crippen MR) is 102 cm³/mol. The highest BCUT2D eigenvalue weighted by Gasteiger charge is 2.15. The summed E-state index contributed by atoms with van der Waals surface area (Å²) < 4.78 is 0. The highest BCUT2D eigenvalue weighted by Crippen LogP contribution is 2.23. The number of anilines is 1. The molecule has 0 bridgehead atoms. The lowest BCUT2D eigenvalue weighted by atomic mass is 10.0. The molecule has 2 aromatic rings. The predicted octanol–water partition coefficient (Wildman–Crippen LogP) is 3.84. The summed E-state index contributed by atoms with van der Waals surface area (Å²) in [5.41, 5.74) is 3.06. The fourth-order valence-corrected chi connectivity index (χ4v) is 2.73. The van der Waals surface area contributed by atoms with Gasteiger partial charge in [0, 0.05) is 19.2 Å². The van der Waals surface area contributed by atoms with Crippen molar-refractivity contribution in [1.82, 2.24) is 4.90 Å². The van der Waals surface area contributed by atoms with Gasteiger partial charge < -0.3 is 10.2 Å². The second-order valence-corrected chi connectivity index (χ2v) is 6.47. The number of carbonyl (C=O) groups is 2. The summed E-state index contributed by atoms with van der Waals surface area (Å²) in [7, 11) is 0. The lowest BCUT2D eigenvalue weighted by molar-refractivity contribution is -0.132. The maximum atomic E-state index is 12.4. The van der Waals surface area contributed by atoms with Crippen LogP contribution in [-0.4, -0.2) is 29.8 Å². The molecule has 1 N–H and O–H groups in total. The van der Waals surface area contributed by atoms with Crippen LogP contribution >= 0.6 is 0 Å². The number of carbonyl (C=O) groups excluding carboxylic acids is 2. The minimum absolute atomic E-state index is 0.0641. The minimum atomic E-state index is -0.170. The van der Waals surface area contributed by atoms with E-state index in [9.17, 15) is 9.59 Å². The van der Waals surface area contributed by atoms with Gasteiger partial charge in [-0.1, -0.05) is 62.4 Å². The number of para-hydroxylation sites is 1. The van der Waals surface area contributed by atoms with Crippen molar-refractivity contribution in [2.24, 2.45) is 0 Å². The van der Waals surface area contributed by atoms with Crippen molar-refractivity contribution < 1.29 is 9.59 Å². The molecule has 4 nitrogen and oxygen atoms in total. The van der Waals surface area contributed by atoms with Crippen LogP contribution in [0.25, 0.3) is 0 Å². The van der Waals surface area contributed by atoms with E-state index < -0.39 is 0 Å². The Kier molecular flexibility index (Phi) is 6.75. The maximum absolute atomic E-state index is 12.4. The second kappa shape index (κ2) is 9.02. The van der Waals surface area contributed by atoms with Crippen LogP contribution in [-0.2, 0) is 16.0 Å². The number of nitrogens with one attached hydrogen (secondary N) is 1. The van der Waals surface area contributed by atoms with Gasteiger partial charge in [-0.25, -0.2) is 0 Å². The first-order chi connectivity index (χ1) is 12.0. The zero-order valence-corrected chi connectivity index (χ0v) is 15.2. The zero-order valence-electron chi connectivity index (χ0n) is 15.2. The van der Waals surface area contributed by atoms with Crippen LogP contribution in [0.15, 0.2) is 54.6 Å². The van der Waals surface area contributed by atoms with Crippen molar-refractivity contribution in [1.29, 1.82) is 0 Å². The SMILES string of the molecule is CC(=O)N(CCc1ccccc1)CC(=O)Nc1ccccc1C(C)C. The molecule has 2 amide bonds. The number of nitrogens with zero attached hydrogens (tertiary/aromatic N) is 1. The van der Waals surface area contributed by atoms with Crippen LogP contribution in [0.3, 0.4) is 0 Å². The summed E-state index contributed by atoms with van der Waals surface area (Å²) in [6.07, 6.45) is 0.732. The molecule has 0 aliphatic rings. The van der Waals surface area contributed by atoms with Crippen LogP contribution in [0, 0.1) is 0 Å². The third-order valence-corrected chi connectivity index (χ3v) is 4.15. The third kappa shape index (κ3) is 5.75. The first-order valence-corrected chi connectivity index (χ1v) is 8.65. The fourth-order valence-electron chi connectivity index (χ4n) is 2.73. The van der Waals surface area contributed by atoms with Gasteiger partial charge in [0.25, 0.3) is 0 Å². The molecular weight excluding hydrogens is 312 g/mol. The minimum Gasteiger partial charge on any atom is -0.333 e. The molecule has 0 spiro atoms. The fraction of sp³-hybridized carbons (Fsp3) is 0.333. The van der Waals surface area contributed by atoms with Gasteiger partial charge in [-0.2, -0.15) is 0 Å². The van der Waals surface area contributed by atoms with Crippen molar-refractivity contribution >= 4 is 17.5 Å². The standard InChI is InChI=1S/C21H26N2O2/c1-16(2)19-11-7-8-12-20(19)22-21(25)15-23(17(3)24)14-13-18-9-5-4-6-10-18/h4-12,16H,13-15H2,1-3H3,(H,22,25). The van der Waals surface area contributed by atoms with Gasteiger partial charge in [-0.05, 0) is 29.5 Å². The largest absolute Gasteiger partial charge is 0.333 e. The number of hydrogen-bond acceptors (Lipinski definition) is 2. The molecule has 0 aromatic heterocycles. The first kappa shape index (κ1) is 18.7. The van der Waals surface area contributed by atoms with Crippen molar-refractivity contribution in [2.45, 2.75) is 33.1 Å². The molecule has 0 unspecified atom stereocenters. The summed E-state index contributed by atoms with van der Waals surface area (Å²) in [4.78, 5) is 25.9. The molecule has 0 saturated heterocycles. The molecule has 0 saturated carbocycles. The summed E-state index contributed by atoms with van der Waals surface area (Å²) in [5.74, 6) is 0.0538. The molecule has 0 fully saturated rings. The van der Waals surface area contributed by atoms with E-state index in [0.29, 0.717) is 12.5 Å². The quantitative estimate of drug-likeness (QED) is 0.834. The molecule has 0 aliphatic heterocycles. The Morgan fingerprint density at radius 2 is 1.64 bits per heavy atom. The van der Waals surface area contributed by atoms with E-state index in [4.69, 9.17) is 0 Å². The lowest BCUT2D eigenvalue weighted by Gasteiger charge is -2.21. The van der Waals surface area contributed by atoms with Gasteiger partial charge in [-0.15, -0.1) is 0 Å². The van der Waals surface area contributed by atoms with E-state index in [0.717, 1.165) is 23.2 Å². The Morgan fingerprint density at radius 3 is 2.28 bits per heavy atom. The molecular formula is C21H26N2O2. The Hall–Kier alpha value is -2.62. The number of hydrogen-bond donors (Lipinski definition) is 1. The van der Waals surface area contributed by atoms with E-state index in [1.54, 1.807) is 4.90 Å². The van der Waals surface area contributed by atoms with Gasteiger partial charge in [0.2, 0.25) is 11.8 Å². The smallest absolute Gasteiger partial charge is 0.244 e. The Labute approximate surface area is 149 Å². The summed E-state index contributed by atoms with van der Waals surface area (Å²) in [5, 5.41) is 2.94. The normalized spacial score (nSPS) is 10.6. The van der Waals surface area contributed by atoms with Gasteiger partial charge in [0.05, 0.1) is 6.54 Å². The van der Waals surface area contributed by atoms with Gasteiger partial charge >= 0.3 is 0 Å². The number of rotatable bonds is 7. The van der Waals surface area contributed by atoms with Gasteiger partial charge in [0.1, 0.15) is 0 Å². The first-order valence-electron chi connectivity index (χ1n) is 8.65. The Balaban J connectivity index is 1.97. The third-order valence-electron chi connectivity index (χ3n) is 4.15. The van der Waals surface area contributed by atoms with Gasteiger partial charge in [0.15, 0.2) is 0 Å². The van der Waals surface area contributed by atoms with E-state index in [1.807, 2.05) is 54.6 Å². The average molecular weight is 338 g/mol. The van der Waals surface area contributed by atoms with Crippen LogP contribution in [0.5, 0.6) is 0 Å².